The first kappa shape index (κ1) is 25.5. The summed E-state index contributed by atoms with van der Waals surface area (Å²) in [6.45, 7) is 2.41. The number of nitrogens with zero attached hydrogens (tertiary/aromatic N) is 4. The Morgan fingerprint density at radius 2 is 2.03 bits per heavy atom. The molecule has 0 aliphatic carbocycles. The zero-order chi connectivity index (χ0) is 21.6. The van der Waals surface area contributed by atoms with Gasteiger partial charge in [0.25, 0.3) is 0 Å². The van der Waals surface area contributed by atoms with Crippen LogP contribution in [0.1, 0.15) is 16.8 Å². The summed E-state index contributed by atoms with van der Waals surface area (Å²) in [5, 5.41) is 6.93. The standard InChI is InChI=1S/C19H26FN5O4S.HI/c1-21-19(22-12-15-3-4-18(20)16(11-15)13-28-2)24-6-8-25(9-7-24)30(26,27)14-17-5-10-29-23-17;/h3-5,10-11H,6-9,12-14H2,1-2H3,(H,21,22);1H. The second-order valence-corrected chi connectivity index (χ2v) is 8.86. The highest BCUT2D eigenvalue weighted by Gasteiger charge is 2.29. The molecule has 3 rings (SSSR count). The molecule has 172 valence electrons. The van der Waals surface area contributed by atoms with E-state index in [0.717, 1.165) is 5.56 Å². The lowest BCUT2D eigenvalue weighted by atomic mass is 10.1. The van der Waals surface area contributed by atoms with Crippen molar-refractivity contribution in [1.29, 1.82) is 0 Å². The maximum absolute atomic E-state index is 13.8. The van der Waals surface area contributed by atoms with Gasteiger partial charge in [-0.25, -0.2) is 12.8 Å². The number of hydrogen-bond donors (Lipinski definition) is 1. The monoisotopic (exact) mass is 567 g/mol. The molecule has 12 heteroatoms. The quantitative estimate of drug-likeness (QED) is 0.310. The number of nitrogens with one attached hydrogen (secondary N) is 1. The average molecular weight is 567 g/mol. The summed E-state index contributed by atoms with van der Waals surface area (Å²) >= 11 is 0. The van der Waals surface area contributed by atoms with Crippen LogP contribution in [0, 0.1) is 5.82 Å². The van der Waals surface area contributed by atoms with E-state index in [1.165, 1.54) is 23.7 Å². The van der Waals surface area contributed by atoms with Gasteiger partial charge in [-0.1, -0.05) is 11.2 Å². The first-order valence-electron chi connectivity index (χ1n) is 9.52. The van der Waals surface area contributed by atoms with Gasteiger partial charge in [0, 0.05) is 58.5 Å². The van der Waals surface area contributed by atoms with Gasteiger partial charge in [-0.15, -0.1) is 24.0 Å². The molecule has 1 aliphatic rings. The van der Waals surface area contributed by atoms with E-state index in [4.69, 9.17) is 9.26 Å². The van der Waals surface area contributed by atoms with Crippen LogP contribution in [0.3, 0.4) is 0 Å². The number of hydrogen-bond acceptors (Lipinski definition) is 6. The first-order valence-corrected chi connectivity index (χ1v) is 11.1. The molecule has 0 saturated carbocycles. The molecule has 31 heavy (non-hydrogen) atoms. The molecule has 0 bridgehead atoms. The molecular weight excluding hydrogens is 540 g/mol. The number of halogens is 2. The van der Waals surface area contributed by atoms with Crippen molar-refractivity contribution in [2.24, 2.45) is 4.99 Å². The number of piperazine rings is 1. The molecule has 2 heterocycles. The van der Waals surface area contributed by atoms with Gasteiger partial charge in [0.15, 0.2) is 5.96 Å². The largest absolute Gasteiger partial charge is 0.380 e. The van der Waals surface area contributed by atoms with Crippen molar-refractivity contribution >= 4 is 40.0 Å². The second kappa shape index (κ2) is 11.7. The molecular formula is C19H27FIN5O4S. The zero-order valence-electron chi connectivity index (χ0n) is 17.5. The number of rotatable bonds is 7. The molecule has 0 atom stereocenters. The van der Waals surface area contributed by atoms with Gasteiger partial charge in [0.05, 0.1) is 12.3 Å². The predicted molar refractivity (Wildman–Crippen MR) is 125 cm³/mol. The van der Waals surface area contributed by atoms with Crippen LogP contribution in [-0.4, -0.2) is 69.1 Å². The van der Waals surface area contributed by atoms with Crippen molar-refractivity contribution in [3.8, 4) is 0 Å². The molecule has 0 spiro atoms. The Morgan fingerprint density at radius 1 is 1.29 bits per heavy atom. The average Bonchev–Trinajstić information content (AvgIpc) is 3.23. The minimum atomic E-state index is -3.46. The highest BCUT2D eigenvalue weighted by Crippen LogP contribution is 2.14. The summed E-state index contributed by atoms with van der Waals surface area (Å²) in [7, 11) is -0.252. The molecule has 1 saturated heterocycles. The lowest BCUT2D eigenvalue weighted by Gasteiger charge is -2.35. The topological polar surface area (TPSA) is 100 Å². The maximum Gasteiger partial charge on any atom is 0.220 e. The number of aromatic nitrogens is 1. The van der Waals surface area contributed by atoms with E-state index in [9.17, 15) is 12.8 Å². The van der Waals surface area contributed by atoms with Crippen LogP contribution in [0.4, 0.5) is 4.39 Å². The van der Waals surface area contributed by atoms with E-state index >= 15 is 0 Å². The number of aliphatic imine (C=N–C) groups is 1. The fraction of sp³-hybridized carbons (Fsp3) is 0.474. The number of guanidine groups is 1. The Bertz CT molecular complexity index is 964. The predicted octanol–water partition coefficient (Wildman–Crippen LogP) is 1.80. The van der Waals surface area contributed by atoms with E-state index in [1.807, 2.05) is 4.90 Å². The van der Waals surface area contributed by atoms with Gasteiger partial charge in [0.1, 0.15) is 17.8 Å². The number of benzene rings is 1. The third-order valence-electron chi connectivity index (χ3n) is 4.83. The molecule has 9 nitrogen and oxygen atoms in total. The highest BCUT2D eigenvalue weighted by molar-refractivity contribution is 14.0. The van der Waals surface area contributed by atoms with Gasteiger partial charge in [-0.05, 0) is 17.7 Å². The molecule has 1 aromatic carbocycles. The van der Waals surface area contributed by atoms with Crippen LogP contribution in [0.2, 0.25) is 0 Å². The Balaban J connectivity index is 0.00000341. The summed E-state index contributed by atoms with van der Waals surface area (Å²) in [6.07, 6.45) is 1.36. The van der Waals surface area contributed by atoms with E-state index < -0.39 is 10.0 Å². The third kappa shape index (κ3) is 6.85. The maximum atomic E-state index is 13.8. The van der Waals surface area contributed by atoms with Crippen LogP contribution < -0.4 is 5.32 Å². The van der Waals surface area contributed by atoms with Crippen LogP contribution in [0.15, 0.2) is 40.0 Å². The van der Waals surface area contributed by atoms with Crippen LogP contribution in [0.25, 0.3) is 0 Å². The zero-order valence-corrected chi connectivity index (χ0v) is 20.6. The van der Waals surface area contributed by atoms with Gasteiger partial charge in [-0.2, -0.15) is 4.31 Å². The van der Waals surface area contributed by atoms with Crippen molar-refractivity contribution in [2.75, 3.05) is 40.3 Å². The van der Waals surface area contributed by atoms with Gasteiger partial charge in [0.2, 0.25) is 10.0 Å². The molecule has 1 fully saturated rings. The Morgan fingerprint density at radius 3 is 2.65 bits per heavy atom. The molecule has 1 N–H and O–H groups in total. The van der Waals surface area contributed by atoms with Crippen LogP contribution >= 0.6 is 24.0 Å². The number of methoxy groups -OCH3 is 1. The Labute approximate surface area is 198 Å². The summed E-state index contributed by atoms with van der Waals surface area (Å²) in [5.74, 6) is 0.194. The Hall–Kier alpha value is -1.77. The normalized spacial score (nSPS) is 15.6. The van der Waals surface area contributed by atoms with Crippen LogP contribution in [0.5, 0.6) is 0 Å². The van der Waals surface area contributed by atoms with Crippen molar-refractivity contribution in [2.45, 2.75) is 18.9 Å². The summed E-state index contributed by atoms with van der Waals surface area (Å²) in [6, 6.07) is 6.44. The van der Waals surface area contributed by atoms with E-state index in [0.29, 0.717) is 49.9 Å². The van der Waals surface area contributed by atoms with Gasteiger partial charge < -0.3 is 19.5 Å². The van der Waals surface area contributed by atoms with Crippen molar-refractivity contribution in [1.82, 2.24) is 19.7 Å². The van der Waals surface area contributed by atoms with Gasteiger partial charge in [-0.3, -0.25) is 4.99 Å². The van der Waals surface area contributed by atoms with E-state index in [2.05, 4.69) is 15.5 Å². The molecule has 0 unspecified atom stereocenters. The molecule has 1 aliphatic heterocycles. The smallest absolute Gasteiger partial charge is 0.220 e. The summed E-state index contributed by atoms with van der Waals surface area (Å²) in [5.41, 5.74) is 1.79. The number of sulfonamides is 1. The summed E-state index contributed by atoms with van der Waals surface area (Å²) in [4.78, 5) is 6.30. The SMILES string of the molecule is CN=C(NCc1ccc(F)c(COC)c1)N1CCN(S(=O)(=O)Cc2ccon2)CC1.I. The molecule has 2 aromatic rings. The number of ether oxygens (including phenoxy) is 1. The van der Waals surface area contributed by atoms with E-state index in [-0.39, 0.29) is 42.2 Å². The minimum absolute atomic E-state index is 0. The van der Waals surface area contributed by atoms with Crippen molar-refractivity contribution in [3.63, 3.8) is 0 Å². The highest BCUT2D eigenvalue weighted by atomic mass is 127. The Kier molecular flexibility index (Phi) is 9.65. The third-order valence-corrected chi connectivity index (χ3v) is 6.64. The van der Waals surface area contributed by atoms with E-state index in [1.54, 1.807) is 25.2 Å². The fourth-order valence-corrected chi connectivity index (χ4v) is 4.71. The van der Waals surface area contributed by atoms with Crippen LogP contribution in [-0.2, 0) is 33.7 Å². The molecule has 1 aromatic heterocycles. The fourth-order valence-electron chi connectivity index (χ4n) is 3.29. The minimum Gasteiger partial charge on any atom is -0.380 e. The summed E-state index contributed by atoms with van der Waals surface area (Å²) < 4.78 is 50.1. The van der Waals surface area contributed by atoms with Crippen molar-refractivity contribution in [3.05, 3.63) is 53.2 Å². The lowest BCUT2D eigenvalue weighted by molar-refractivity contribution is 0.181. The van der Waals surface area contributed by atoms with Crippen molar-refractivity contribution < 1.29 is 22.1 Å². The molecule has 0 radical (unpaired) electrons. The second-order valence-electron chi connectivity index (χ2n) is 6.89. The molecule has 0 amide bonds. The van der Waals surface area contributed by atoms with Gasteiger partial charge >= 0.3 is 0 Å². The lowest BCUT2D eigenvalue weighted by Crippen LogP contribution is -2.53. The first-order chi connectivity index (χ1) is 14.4.